The van der Waals surface area contributed by atoms with Gasteiger partial charge in [0.2, 0.25) is 0 Å². The zero-order valence-corrected chi connectivity index (χ0v) is 17.9. The minimum Gasteiger partial charge on any atom is -0.492 e. The summed E-state index contributed by atoms with van der Waals surface area (Å²) in [5, 5.41) is 12.6. The second kappa shape index (κ2) is 7.77. The molecule has 0 atom stereocenters. The fourth-order valence-electron chi connectivity index (χ4n) is 3.99. The smallest absolute Gasteiger partial charge is 0.178 e. The lowest BCUT2D eigenvalue weighted by Crippen LogP contribution is -2.48. The van der Waals surface area contributed by atoms with Crippen LogP contribution in [0.15, 0.2) is 36.8 Å². The van der Waals surface area contributed by atoms with Crippen LogP contribution in [-0.2, 0) is 0 Å². The van der Waals surface area contributed by atoms with Crippen LogP contribution in [0.2, 0.25) is 0 Å². The van der Waals surface area contributed by atoms with Gasteiger partial charge in [0.1, 0.15) is 11.6 Å². The van der Waals surface area contributed by atoms with Crippen LogP contribution >= 0.6 is 12.4 Å². The summed E-state index contributed by atoms with van der Waals surface area (Å²) >= 11 is 0. The van der Waals surface area contributed by atoms with Gasteiger partial charge in [-0.1, -0.05) is 0 Å². The number of nitrogens with two attached hydrogens (primary N) is 1. The number of aromatic amines is 1. The second-order valence-corrected chi connectivity index (χ2v) is 7.99. The van der Waals surface area contributed by atoms with Gasteiger partial charge in [0.05, 0.1) is 29.9 Å². The number of halogens is 1. The van der Waals surface area contributed by atoms with E-state index in [1.807, 2.05) is 29.9 Å². The third-order valence-corrected chi connectivity index (χ3v) is 5.70. The quantitative estimate of drug-likeness (QED) is 0.518. The molecule has 5 heterocycles. The molecule has 0 saturated carbocycles. The number of rotatable bonds is 4. The number of H-pyrrole nitrogens is 1. The van der Waals surface area contributed by atoms with Gasteiger partial charge in [-0.05, 0) is 44.9 Å². The van der Waals surface area contributed by atoms with E-state index in [-0.39, 0.29) is 17.9 Å². The average molecular weight is 428 g/mol. The molecule has 30 heavy (non-hydrogen) atoms. The number of pyridine rings is 2. The lowest BCUT2D eigenvalue weighted by Gasteiger charge is -2.37. The minimum absolute atomic E-state index is 0. The SMILES string of the molecule is CCOc1cc(-c2ccc(N3CCC(C)(N)CC3)nc2)c2c3cn[nH]c3nn2c1.Cl. The van der Waals surface area contributed by atoms with Gasteiger partial charge in [-0.15, -0.1) is 17.5 Å². The number of hydrogen-bond donors (Lipinski definition) is 2. The first kappa shape index (κ1) is 20.4. The Morgan fingerprint density at radius 2 is 2.03 bits per heavy atom. The Morgan fingerprint density at radius 1 is 1.23 bits per heavy atom. The van der Waals surface area contributed by atoms with E-state index in [1.165, 1.54) is 0 Å². The van der Waals surface area contributed by atoms with Crippen molar-refractivity contribution in [1.82, 2.24) is 24.8 Å². The van der Waals surface area contributed by atoms with Crippen LogP contribution in [0.3, 0.4) is 0 Å². The Kier molecular flexibility index (Phi) is 5.29. The maximum atomic E-state index is 6.26. The van der Waals surface area contributed by atoms with E-state index in [0.29, 0.717) is 6.61 Å². The molecular formula is C21H26ClN7O. The van der Waals surface area contributed by atoms with Gasteiger partial charge < -0.3 is 15.4 Å². The molecule has 0 aliphatic carbocycles. The van der Waals surface area contributed by atoms with Gasteiger partial charge in [-0.2, -0.15) is 5.10 Å². The Morgan fingerprint density at radius 3 is 2.73 bits per heavy atom. The highest BCUT2D eigenvalue weighted by atomic mass is 35.5. The molecule has 0 aromatic carbocycles. The molecule has 3 N–H and O–H groups in total. The number of nitrogens with one attached hydrogen (secondary N) is 1. The molecule has 0 bridgehead atoms. The first-order valence-corrected chi connectivity index (χ1v) is 10.0. The maximum absolute atomic E-state index is 6.26. The summed E-state index contributed by atoms with van der Waals surface area (Å²) in [5.41, 5.74) is 9.97. The Balaban J connectivity index is 0.00000218. The zero-order valence-electron chi connectivity index (χ0n) is 17.1. The molecule has 5 rings (SSSR count). The molecule has 1 aliphatic heterocycles. The van der Waals surface area contributed by atoms with Crippen molar-refractivity contribution in [2.24, 2.45) is 5.73 Å². The van der Waals surface area contributed by atoms with E-state index in [0.717, 1.165) is 65.2 Å². The molecule has 0 spiro atoms. The summed E-state index contributed by atoms with van der Waals surface area (Å²) in [7, 11) is 0. The Bertz CT molecular complexity index is 1160. The lowest BCUT2D eigenvalue weighted by molar-refractivity contribution is 0.338. The number of ether oxygens (including phenoxy) is 1. The third-order valence-electron chi connectivity index (χ3n) is 5.70. The highest BCUT2D eigenvalue weighted by molar-refractivity contribution is 6.00. The Hall–Kier alpha value is -2.84. The fourth-order valence-corrected chi connectivity index (χ4v) is 3.99. The van der Waals surface area contributed by atoms with Gasteiger partial charge >= 0.3 is 0 Å². The number of piperidine rings is 1. The molecule has 0 amide bonds. The van der Waals surface area contributed by atoms with Crippen molar-refractivity contribution in [2.45, 2.75) is 32.2 Å². The second-order valence-electron chi connectivity index (χ2n) is 7.99. The van der Waals surface area contributed by atoms with E-state index in [4.69, 9.17) is 15.5 Å². The zero-order chi connectivity index (χ0) is 20.0. The van der Waals surface area contributed by atoms with Crippen LogP contribution in [0, 0.1) is 0 Å². The van der Waals surface area contributed by atoms with Crippen molar-refractivity contribution in [3.63, 3.8) is 0 Å². The number of nitrogens with zero attached hydrogens (tertiary/aromatic N) is 5. The summed E-state index contributed by atoms with van der Waals surface area (Å²) in [4.78, 5) is 7.06. The molecule has 1 fully saturated rings. The number of anilines is 1. The molecule has 0 radical (unpaired) electrons. The van der Waals surface area contributed by atoms with Gasteiger partial charge in [0.25, 0.3) is 0 Å². The average Bonchev–Trinajstić information content (AvgIpc) is 3.29. The van der Waals surface area contributed by atoms with Gasteiger partial charge in [0.15, 0.2) is 5.65 Å². The minimum atomic E-state index is -0.0697. The number of fused-ring (bicyclic) bond motifs is 3. The summed E-state index contributed by atoms with van der Waals surface area (Å²) < 4.78 is 7.61. The summed E-state index contributed by atoms with van der Waals surface area (Å²) in [5.74, 6) is 1.76. The number of hydrogen-bond acceptors (Lipinski definition) is 6. The van der Waals surface area contributed by atoms with E-state index in [9.17, 15) is 0 Å². The van der Waals surface area contributed by atoms with Crippen molar-refractivity contribution in [1.29, 1.82) is 0 Å². The van der Waals surface area contributed by atoms with Gasteiger partial charge in [0, 0.05) is 36.0 Å². The predicted molar refractivity (Wildman–Crippen MR) is 121 cm³/mol. The topological polar surface area (TPSA) is 97.4 Å². The van der Waals surface area contributed by atoms with E-state index >= 15 is 0 Å². The Labute approximate surface area is 180 Å². The molecule has 4 aromatic heterocycles. The third kappa shape index (κ3) is 3.57. The van der Waals surface area contributed by atoms with Crippen molar-refractivity contribution >= 4 is 34.8 Å². The predicted octanol–water partition coefficient (Wildman–Crippen LogP) is 3.41. The van der Waals surface area contributed by atoms with E-state index in [1.54, 1.807) is 6.20 Å². The van der Waals surface area contributed by atoms with Gasteiger partial charge in [-0.3, -0.25) is 5.10 Å². The van der Waals surface area contributed by atoms with Crippen LogP contribution in [0.25, 0.3) is 27.7 Å². The summed E-state index contributed by atoms with van der Waals surface area (Å²) in [6.07, 6.45) is 7.58. The monoisotopic (exact) mass is 427 g/mol. The molecule has 9 heteroatoms. The molecule has 158 valence electrons. The first-order valence-electron chi connectivity index (χ1n) is 10.0. The highest BCUT2D eigenvalue weighted by Gasteiger charge is 2.26. The maximum Gasteiger partial charge on any atom is 0.178 e. The van der Waals surface area contributed by atoms with Crippen molar-refractivity contribution in [3.8, 4) is 16.9 Å². The van der Waals surface area contributed by atoms with Crippen LogP contribution in [0.4, 0.5) is 5.82 Å². The van der Waals surface area contributed by atoms with Crippen molar-refractivity contribution < 1.29 is 4.74 Å². The van der Waals surface area contributed by atoms with Crippen LogP contribution < -0.4 is 15.4 Å². The molecule has 1 saturated heterocycles. The molecular weight excluding hydrogens is 402 g/mol. The van der Waals surface area contributed by atoms with E-state index < -0.39 is 0 Å². The molecule has 4 aromatic rings. The van der Waals surface area contributed by atoms with Crippen LogP contribution in [-0.4, -0.2) is 50.0 Å². The summed E-state index contributed by atoms with van der Waals surface area (Å²) in [6, 6.07) is 6.24. The normalized spacial score (nSPS) is 16.0. The van der Waals surface area contributed by atoms with Crippen molar-refractivity contribution in [2.75, 3.05) is 24.6 Å². The van der Waals surface area contributed by atoms with Crippen LogP contribution in [0.1, 0.15) is 26.7 Å². The van der Waals surface area contributed by atoms with Gasteiger partial charge in [-0.25, -0.2) is 9.50 Å². The fraction of sp³-hybridized carbons (Fsp3) is 0.381. The standard InChI is InChI=1S/C21H25N7O.ClH/c1-3-29-15-10-16(19-17-12-24-25-20(17)26-28(19)13-15)14-4-5-18(23-11-14)27-8-6-21(2,22)7-9-27;/h4-5,10-13H,3,6-9,22H2,1-2H3,(H,25,26);1H. The molecule has 1 aliphatic rings. The molecule has 8 nitrogen and oxygen atoms in total. The van der Waals surface area contributed by atoms with E-state index in [2.05, 4.69) is 39.3 Å². The molecule has 0 unspecified atom stereocenters. The summed E-state index contributed by atoms with van der Waals surface area (Å²) in [6.45, 7) is 6.56. The van der Waals surface area contributed by atoms with Crippen molar-refractivity contribution in [3.05, 3.63) is 36.8 Å². The van der Waals surface area contributed by atoms with Crippen LogP contribution in [0.5, 0.6) is 5.75 Å². The lowest BCUT2D eigenvalue weighted by atomic mass is 9.91. The first-order chi connectivity index (χ1) is 14.0. The number of aromatic nitrogens is 5. The highest BCUT2D eigenvalue weighted by Crippen LogP contribution is 2.33. The largest absolute Gasteiger partial charge is 0.492 e.